The summed E-state index contributed by atoms with van der Waals surface area (Å²) in [5.41, 5.74) is 1.33. The van der Waals surface area contributed by atoms with E-state index in [0.717, 1.165) is 29.9 Å². The normalized spacial score (nSPS) is 17.7. The molecule has 2 aromatic rings. The number of aromatic amines is 1. The molecule has 1 aliphatic heterocycles. The molecule has 1 saturated heterocycles. The maximum Gasteiger partial charge on any atom is 0.137 e. The van der Waals surface area contributed by atoms with Crippen molar-refractivity contribution < 1.29 is 4.74 Å². The zero-order valence-electron chi connectivity index (χ0n) is 9.19. The SMILES string of the molecule is Brc1cccc(C2(Cc3ncn[nH]3)COC2)c1. The van der Waals surface area contributed by atoms with Gasteiger partial charge in [0.25, 0.3) is 0 Å². The van der Waals surface area contributed by atoms with E-state index < -0.39 is 0 Å². The summed E-state index contributed by atoms with van der Waals surface area (Å²) in [6.45, 7) is 1.48. The van der Waals surface area contributed by atoms with Crippen molar-refractivity contribution in [3.05, 3.63) is 46.5 Å². The van der Waals surface area contributed by atoms with E-state index in [1.165, 1.54) is 5.56 Å². The van der Waals surface area contributed by atoms with Gasteiger partial charge < -0.3 is 4.74 Å². The number of H-pyrrole nitrogens is 1. The highest BCUT2D eigenvalue weighted by atomic mass is 79.9. The standard InChI is InChI=1S/C12H12BrN3O/c13-10-3-1-2-9(4-10)12(6-17-7-12)5-11-14-8-15-16-11/h1-4,8H,5-7H2,(H,14,15,16). The van der Waals surface area contributed by atoms with Crippen LogP contribution in [0.25, 0.3) is 0 Å². The summed E-state index contributed by atoms with van der Waals surface area (Å²) in [4.78, 5) is 4.20. The van der Waals surface area contributed by atoms with Crippen LogP contribution in [0.4, 0.5) is 0 Å². The molecule has 1 aromatic carbocycles. The number of hydrogen-bond donors (Lipinski definition) is 1. The number of ether oxygens (including phenoxy) is 1. The highest BCUT2D eigenvalue weighted by Gasteiger charge is 2.41. The predicted molar refractivity (Wildman–Crippen MR) is 66.7 cm³/mol. The molecule has 0 atom stereocenters. The highest BCUT2D eigenvalue weighted by molar-refractivity contribution is 9.10. The van der Waals surface area contributed by atoms with Crippen molar-refractivity contribution in [2.45, 2.75) is 11.8 Å². The van der Waals surface area contributed by atoms with E-state index in [1.807, 2.05) is 6.07 Å². The maximum atomic E-state index is 5.40. The van der Waals surface area contributed by atoms with Crippen molar-refractivity contribution in [3.8, 4) is 0 Å². The lowest BCUT2D eigenvalue weighted by molar-refractivity contribution is -0.0608. The quantitative estimate of drug-likeness (QED) is 0.943. The Labute approximate surface area is 108 Å². The summed E-state index contributed by atoms with van der Waals surface area (Å²) in [5, 5.41) is 6.81. The molecule has 0 spiro atoms. The van der Waals surface area contributed by atoms with Crippen LogP contribution in [0.2, 0.25) is 0 Å². The molecule has 1 aromatic heterocycles. The van der Waals surface area contributed by atoms with Crippen LogP contribution in [0.5, 0.6) is 0 Å². The predicted octanol–water partition coefficient (Wildman–Crippen LogP) is 2.08. The molecule has 0 saturated carbocycles. The van der Waals surface area contributed by atoms with E-state index in [4.69, 9.17) is 4.74 Å². The summed E-state index contributed by atoms with van der Waals surface area (Å²) < 4.78 is 6.50. The number of rotatable bonds is 3. The molecule has 4 nitrogen and oxygen atoms in total. The van der Waals surface area contributed by atoms with Gasteiger partial charge in [-0.3, -0.25) is 5.10 Å². The molecule has 5 heteroatoms. The second-order valence-corrected chi connectivity index (χ2v) is 5.31. The third kappa shape index (κ3) is 2.00. The summed E-state index contributed by atoms with van der Waals surface area (Å²) in [5.74, 6) is 0.910. The minimum absolute atomic E-state index is 0.0450. The Balaban J connectivity index is 1.92. The topological polar surface area (TPSA) is 50.8 Å². The molecule has 17 heavy (non-hydrogen) atoms. The molecule has 88 valence electrons. The van der Waals surface area contributed by atoms with E-state index >= 15 is 0 Å². The Morgan fingerprint density at radius 2 is 2.29 bits per heavy atom. The van der Waals surface area contributed by atoms with Gasteiger partial charge in [0, 0.05) is 16.3 Å². The zero-order chi connectivity index (χ0) is 11.7. The third-order valence-electron chi connectivity index (χ3n) is 3.16. The first-order valence-electron chi connectivity index (χ1n) is 5.47. The van der Waals surface area contributed by atoms with Gasteiger partial charge in [-0.05, 0) is 17.7 Å². The molecule has 2 heterocycles. The second kappa shape index (κ2) is 4.23. The van der Waals surface area contributed by atoms with Crippen LogP contribution in [0.1, 0.15) is 11.4 Å². The molecule has 0 radical (unpaired) electrons. The van der Waals surface area contributed by atoms with Crippen LogP contribution in [0, 0.1) is 0 Å². The number of nitrogens with one attached hydrogen (secondary N) is 1. The van der Waals surface area contributed by atoms with E-state index in [2.05, 4.69) is 49.3 Å². The number of benzene rings is 1. The maximum absolute atomic E-state index is 5.40. The summed E-state index contributed by atoms with van der Waals surface area (Å²) in [7, 11) is 0. The minimum Gasteiger partial charge on any atom is -0.379 e. The molecule has 0 unspecified atom stereocenters. The fourth-order valence-corrected chi connectivity index (χ4v) is 2.57. The van der Waals surface area contributed by atoms with Gasteiger partial charge >= 0.3 is 0 Å². The first-order chi connectivity index (χ1) is 8.28. The Morgan fingerprint density at radius 3 is 2.88 bits per heavy atom. The van der Waals surface area contributed by atoms with Gasteiger partial charge in [0.05, 0.1) is 13.2 Å². The molecular weight excluding hydrogens is 282 g/mol. The first-order valence-corrected chi connectivity index (χ1v) is 6.26. The van der Waals surface area contributed by atoms with Crippen LogP contribution in [-0.4, -0.2) is 28.4 Å². The van der Waals surface area contributed by atoms with Crippen LogP contribution in [0.15, 0.2) is 35.1 Å². The Hall–Kier alpha value is -1.20. The second-order valence-electron chi connectivity index (χ2n) is 4.39. The lowest BCUT2D eigenvalue weighted by Gasteiger charge is -2.41. The average Bonchev–Trinajstić information content (AvgIpc) is 2.76. The smallest absolute Gasteiger partial charge is 0.137 e. The minimum atomic E-state index is 0.0450. The Bertz CT molecular complexity index is 508. The van der Waals surface area contributed by atoms with Crippen molar-refractivity contribution in [3.63, 3.8) is 0 Å². The van der Waals surface area contributed by atoms with Crippen molar-refractivity contribution in [2.24, 2.45) is 0 Å². The summed E-state index contributed by atoms with van der Waals surface area (Å²) in [6, 6.07) is 8.38. The lowest BCUT2D eigenvalue weighted by Crippen LogP contribution is -2.48. The van der Waals surface area contributed by atoms with Gasteiger partial charge in [0.15, 0.2) is 0 Å². The van der Waals surface area contributed by atoms with Crippen molar-refractivity contribution in [1.82, 2.24) is 15.2 Å². The van der Waals surface area contributed by atoms with Gasteiger partial charge in [0.1, 0.15) is 12.2 Å². The molecule has 0 aliphatic carbocycles. The summed E-state index contributed by atoms with van der Waals surface area (Å²) in [6.07, 6.45) is 2.38. The number of aromatic nitrogens is 3. The first kappa shape index (κ1) is 10.9. The third-order valence-corrected chi connectivity index (χ3v) is 3.66. The Morgan fingerprint density at radius 1 is 1.41 bits per heavy atom. The van der Waals surface area contributed by atoms with Crippen LogP contribution in [0.3, 0.4) is 0 Å². The van der Waals surface area contributed by atoms with Crippen LogP contribution < -0.4 is 0 Å². The van der Waals surface area contributed by atoms with E-state index in [9.17, 15) is 0 Å². The van der Waals surface area contributed by atoms with Gasteiger partial charge in [-0.2, -0.15) is 5.10 Å². The van der Waals surface area contributed by atoms with Gasteiger partial charge in [-0.25, -0.2) is 4.98 Å². The fraction of sp³-hybridized carbons (Fsp3) is 0.333. The molecule has 1 aliphatic rings. The van der Waals surface area contributed by atoms with Crippen molar-refractivity contribution in [1.29, 1.82) is 0 Å². The average molecular weight is 294 g/mol. The molecule has 1 N–H and O–H groups in total. The van der Waals surface area contributed by atoms with E-state index in [-0.39, 0.29) is 5.41 Å². The monoisotopic (exact) mass is 293 g/mol. The van der Waals surface area contributed by atoms with Crippen molar-refractivity contribution >= 4 is 15.9 Å². The van der Waals surface area contributed by atoms with Gasteiger partial charge in [-0.1, -0.05) is 28.1 Å². The number of nitrogens with zero attached hydrogens (tertiary/aromatic N) is 2. The zero-order valence-corrected chi connectivity index (χ0v) is 10.8. The van der Waals surface area contributed by atoms with Crippen LogP contribution >= 0.6 is 15.9 Å². The Kier molecular flexibility index (Phi) is 2.72. The van der Waals surface area contributed by atoms with Crippen molar-refractivity contribution in [2.75, 3.05) is 13.2 Å². The lowest BCUT2D eigenvalue weighted by atomic mass is 9.76. The van der Waals surface area contributed by atoms with Gasteiger partial charge in [-0.15, -0.1) is 0 Å². The van der Waals surface area contributed by atoms with Crippen LogP contribution in [-0.2, 0) is 16.6 Å². The molecule has 1 fully saturated rings. The largest absolute Gasteiger partial charge is 0.379 e. The fourth-order valence-electron chi connectivity index (χ4n) is 2.17. The van der Waals surface area contributed by atoms with E-state index in [1.54, 1.807) is 6.33 Å². The molecule has 0 amide bonds. The highest BCUT2D eigenvalue weighted by Crippen LogP contribution is 2.36. The number of halogens is 1. The molecule has 0 bridgehead atoms. The van der Waals surface area contributed by atoms with Gasteiger partial charge in [0.2, 0.25) is 0 Å². The summed E-state index contributed by atoms with van der Waals surface area (Å²) >= 11 is 3.51. The van der Waals surface area contributed by atoms with E-state index in [0.29, 0.717) is 0 Å². The molecule has 3 rings (SSSR count). The molecular formula is C12H12BrN3O. The number of hydrogen-bond acceptors (Lipinski definition) is 3.